The summed E-state index contributed by atoms with van der Waals surface area (Å²) in [5.41, 5.74) is 7.66. The highest BCUT2D eigenvalue weighted by Crippen LogP contribution is 2.40. The predicted molar refractivity (Wildman–Crippen MR) is 108 cm³/mol. The third kappa shape index (κ3) is 2.99. The van der Waals surface area contributed by atoms with Crippen LogP contribution in [-0.2, 0) is 13.0 Å². The molecule has 3 N–H and O–H groups in total. The monoisotopic (exact) mass is 386 g/mol. The van der Waals surface area contributed by atoms with Crippen LogP contribution in [0.3, 0.4) is 0 Å². The van der Waals surface area contributed by atoms with E-state index >= 15 is 0 Å². The second kappa shape index (κ2) is 6.99. The van der Waals surface area contributed by atoms with Crippen molar-refractivity contribution in [1.29, 1.82) is 0 Å². The maximum atomic E-state index is 11.5. The number of benzene rings is 1. The van der Waals surface area contributed by atoms with E-state index in [1.807, 2.05) is 35.8 Å². The lowest BCUT2D eigenvalue weighted by Gasteiger charge is -2.10. The van der Waals surface area contributed by atoms with Crippen LogP contribution in [0.4, 0.5) is 4.79 Å². The molecular formula is C21H18N6O2. The lowest BCUT2D eigenvalue weighted by Crippen LogP contribution is -2.32. The average molecular weight is 386 g/mol. The van der Waals surface area contributed by atoms with Gasteiger partial charge in [0.05, 0.1) is 11.2 Å². The first kappa shape index (κ1) is 17.3. The zero-order valence-corrected chi connectivity index (χ0v) is 15.5. The number of pyridine rings is 2. The van der Waals surface area contributed by atoms with Crippen LogP contribution in [0.25, 0.3) is 33.4 Å². The summed E-state index contributed by atoms with van der Waals surface area (Å²) in [5.74, 6) is 5.52. The first-order valence-electron chi connectivity index (χ1n) is 9.33. The summed E-state index contributed by atoms with van der Waals surface area (Å²) in [4.78, 5) is 20.5. The third-order valence-corrected chi connectivity index (χ3v) is 5.06. The van der Waals surface area contributed by atoms with Gasteiger partial charge in [-0.3, -0.25) is 20.1 Å². The van der Waals surface area contributed by atoms with Crippen molar-refractivity contribution in [3.63, 3.8) is 0 Å². The number of amides is 1. The van der Waals surface area contributed by atoms with Gasteiger partial charge in [-0.1, -0.05) is 6.07 Å². The molecule has 0 aliphatic carbocycles. The SMILES string of the molecule is NNC(=O)Oc1ccc2nccc(-c3c(-c4ccccn4)nn4c3CCC4)c2c1. The molecule has 4 heterocycles. The summed E-state index contributed by atoms with van der Waals surface area (Å²) >= 11 is 0. The molecule has 8 nitrogen and oxygen atoms in total. The molecule has 0 saturated carbocycles. The normalized spacial score (nSPS) is 12.7. The molecule has 8 heteroatoms. The van der Waals surface area contributed by atoms with Crippen molar-refractivity contribution < 1.29 is 9.53 Å². The van der Waals surface area contributed by atoms with Gasteiger partial charge in [-0.2, -0.15) is 5.10 Å². The first-order chi connectivity index (χ1) is 14.2. The molecular weight excluding hydrogens is 368 g/mol. The van der Waals surface area contributed by atoms with E-state index in [2.05, 4.69) is 14.6 Å². The fraction of sp³-hybridized carbons (Fsp3) is 0.143. The smallest absolute Gasteiger partial charge is 0.409 e. The minimum atomic E-state index is -0.726. The number of carbonyl (C=O) groups excluding carboxylic acids is 1. The van der Waals surface area contributed by atoms with E-state index in [9.17, 15) is 4.79 Å². The molecule has 29 heavy (non-hydrogen) atoms. The fourth-order valence-corrected chi connectivity index (χ4v) is 3.84. The molecule has 1 aromatic carbocycles. The van der Waals surface area contributed by atoms with E-state index in [1.54, 1.807) is 24.5 Å². The Hall–Kier alpha value is -3.78. The van der Waals surface area contributed by atoms with Crippen LogP contribution in [0.5, 0.6) is 5.75 Å². The van der Waals surface area contributed by atoms with E-state index in [0.717, 1.165) is 52.8 Å². The highest BCUT2D eigenvalue weighted by atomic mass is 16.6. The molecule has 144 valence electrons. The Labute approximate surface area is 166 Å². The van der Waals surface area contributed by atoms with Crippen LogP contribution in [0.2, 0.25) is 0 Å². The number of rotatable bonds is 3. The topological polar surface area (TPSA) is 108 Å². The minimum Gasteiger partial charge on any atom is -0.409 e. The van der Waals surface area contributed by atoms with E-state index in [-0.39, 0.29) is 0 Å². The molecule has 1 amide bonds. The van der Waals surface area contributed by atoms with Gasteiger partial charge in [0.15, 0.2) is 0 Å². The molecule has 0 bridgehead atoms. The van der Waals surface area contributed by atoms with Crippen molar-refractivity contribution >= 4 is 17.0 Å². The number of aromatic nitrogens is 4. The Balaban J connectivity index is 1.74. The van der Waals surface area contributed by atoms with Crippen LogP contribution in [-0.4, -0.2) is 25.8 Å². The van der Waals surface area contributed by atoms with Gasteiger partial charge in [0, 0.05) is 35.6 Å². The number of nitrogens with zero attached hydrogens (tertiary/aromatic N) is 4. The van der Waals surface area contributed by atoms with Crippen molar-refractivity contribution in [2.45, 2.75) is 19.4 Å². The Kier molecular flexibility index (Phi) is 4.18. The number of hydrogen-bond donors (Lipinski definition) is 2. The number of nitrogens with two attached hydrogens (primary N) is 1. The van der Waals surface area contributed by atoms with Crippen molar-refractivity contribution in [3.8, 4) is 28.3 Å². The Bertz CT molecular complexity index is 1220. The van der Waals surface area contributed by atoms with Gasteiger partial charge < -0.3 is 4.74 Å². The summed E-state index contributed by atoms with van der Waals surface area (Å²) in [6.07, 6.45) is 4.84. The quantitative estimate of drug-likeness (QED) is 0.318. The Morgan fingerprint density at radius 2 is 2.07 bits per heavy atom. The molecule has 0 unspecified atom stereocenters. The van der Waals surface area contributed by atoms with Crippen molar-refractivity contribution in [2.75, 3.05) is 0 Å². The molecule has 5 rings (SSSR count). The summed E-state index contributed by atoms with van der Waals surface area (Å²) in [6.45, 7) is 0.892. The third-order valence-electron chi connectivity index (χ3n) is 5.06. The van der Waals surface area contributed by atoms with Crippen LogP contribution < -0.4 is 16.0 Å². The van der Waals surface area contributed by atoms with Gasteiger partial charge in [0.2, 0.25) is 0 Å². The fourth-order valence-electron chi connectivity index (χ4n) is 3.84. The predicted octanol–water partition coefficient (Wildman–Crippen LogP) is 3.07. The second-order valence-corrected chi connectivity index (χ2v) is 6.78. The van der Waals surface area contributed by atoms with E-state index in [1.165, 1.54) is 5.69 Å². The molecule has 0 saturated heterocycles. The summed E-state index contributed by atoms with van der Waals surface area (Å²) < 4.78 is 7.28. The highest BCUT2D eigenvalue weighted by Gasteiger charge is 2.25. The minimum absolute atomic E-state index is 0.387. The van der Waals surface area contributed by atoms with Crippen LogP contribution >= 0.6 is 0 Å². The maximum Gasteiger partial charge on any atom is 0.426 e. The lowest BCUT2D eigenvalue weighted by molar-refractivity contribution is 0.201. The summed E-state index contributed by atoms with van der Waals surface area (Å²) in [6, 6.07) is 13.1. The van der Waals surface area contributed by atoms with Gasteiger partial charge in [0.25, 0.3) is 0 Å². The largest absolute Gasteiger partial charge is 0.426 e. The molecule has 3 aromatic heterocycles. The van der Waals surface area contributed by atoms with Gasteiger partial charge >= 0.3 is 6.09 Å². The molecule has 0 fully saturated rings. The Morgan fingerprint density at radius 1 is 1.14 bits per heavy atom. The molecule has 0 radical (unpaired) electrons. The second-order valence-electron chi connectivity index (χ2n) is 6.78. The first-order valence-corrected chi connectivity index (χ1v) is 9.33. The number of hydrogen-bond acceptors (Lipinski definition) is 6. The number of aryl methyl sites for hydroxylation is 1. The van der Waals surface area contributed by atoms with Crippen molar-refractivity contribution in [2.24, 2.45) is 5.84 Å². The highest BCUT2D eigenvalue weighted by molar-refractivity contribution is 5.99. The van der Waals surface area contributed by atoms with Gasteiger partial charge in [-0.25, -0.2) is 10.6 Å². The average Bonchev–Trinajstić information content (AvgIpc) is 3.35. The van der Waals surface area contributed by atoms with Crippen LogP contribution in [0.1, 0.15) is 12.1 Å². The standard InChI is InChI=1S/C21H18N6O2/c22-25-21(28)29-13-6-7-16-15(12-13)14(8-10-24-16)19-18-5-3-11-27(18)26-20(19)17-4-1-2-9-23-17/h1-2,4,6-10,12H,3,5,11,22H2,(H,25,28). The Morgan fingerprint density at radius 3 is 2.90 bits per heavy atom. The molecule has 0 spiro atoms. The van der Waals surface area contributed by atoms with Gasteiger partial charge in [0.1, 0.15) is 11.4 Å². The van der Waals surface area contributed by atoms with Gasteiger partial charge in [-0.15, -0.1) is 0 Å². The van der Waals surface area contributed by atoms with Crippen LogP contribution in [0.15, 0.2) is 54.9 Å². The number of fused-ring (bicyclic) bond motifs is 2. The zero-order chi connectivity index (χ0) is 19.8. The van der Waals surface area contributed by atoms with Crippen molar-refractivity contribution in [1.82, 2.24) is 25.2 Å². The number of hydrazine groups is 1. The van der Waals surface area contributed by atoms with Crippen molar-refractivity contribution in [3.05, 3.63) is 60.6 Å². The van der Waals surface area contributed by atoms with E-state index < -0.39 is 6.09 Å². The molecule has 1 aliphatic heterocycles. The molecule has 0 atom stereocenters. The summed E-state index contributed by atoms with van der Waals surface area (Å²) in [7, 11) is 0. The van der Waals surface area contributed by atoms with E-state index in [0.29, 0.717) is 5.75 Å². The summed E-state index contributed by atoms with van der Waals surface area (Å²) in [5, 5.41) is 5.72. The van der Waals surface area contributed by atoms with Gasteiger partial charge in [-0.05, 0) is 54.8 Å². The number of ether oxygens (including phenoxy) is 1. The maximum absolute atomic E-state index is 11.5. The molecule has 4 aromatic rings. The number of nitrogens with one attached hydrogen (secondary N) is 1. The van der Waals surface area contributed by atoms with Crippen LogP contribution in [0, 0.1) is 0 Å². The van der Waals surface area contributed by atoms with E-state index in [4.69, 9.17) is 15.7 Å². The lowest BCUT2D eigenvalue weighted by atomic mass is 9.96. The molecule has 1 aliphatic rings. The zero-order valence-electron chi connectivity index (χ0n) is 15.5. The number of carbonyl (C=O) groups is 1.